The van der Waals surface area contributed by atoms with E-state index in [-0.39, 0.29) is 0 Å². The molecule has 0 aliphatic rings. The Bertz CT molecular complexity index is 73.7. The summed E-state index contributed by atoms with van der Waals surface area (Å²) in [5.74, 6) is 0. The van der Waals surface area contributed by atoms with E-state index in [4.69, 9.17) is 5.73 Å². The van der Waals surface area contributed by atoms with Gasteiger partial charge in [-0.15, -0.1) is 0 Å². The minimum absolute atomic E-state index is 0.543. The van der Waals surface area contributed by atoms with Crippen molar-refractivity contribution in [1.29, 1.82) is 0 Å². The van der Waals surface area contributed by atoms with Gasteiger partial charge in [0.2, 0.25) is 0 Å². The fraction of sp³-hybridized carbons (Fsp3) is 0.750. The maximum Gasteiger partial charge on any atom is 0.326 e. The number of hydrazine groups is 1. The lowest BCUT2D eigenvalue weighted by Crippen LogP contribution is -2.41. The first kappa shape index (κ1) is 7.23. The molecule has 4 N–H and O–H groups in total. The molecule has 0 aromatic carbocycles. The zero-order valence-corrected chi connectivity index (χ0v) is 4.90. The topological polar surface area (TPSA) is 67.2 Å². The van der Waals surface area contributed by atoms with E-state index in [0.717, 1.165) is 13.0 Å². The van der Waals surface area contributed by atoms with Crippen LogP contribution in [0, 0.1) is 0 Å². The summed E-state index contributed by atoms with van der Waals surface area (Å²) in [5.41, 5.74) is 9.57. The average molecular weight is 117 g/mol. The van der Waals surface area contributed by atoms with E-state index in [1.54, 1.807) is 0 Å². The lowest BCUT2D eigenvalue weighted by molar-refractivity contribution is 0.244. The molecule has 0 unspecified atom stereocenters. The molecule has 0 atom stereocenters. The maximum absolute atomic E-state index is 9.92. The van der Waals surface area contributed by atoms with E-state index in [0.29, 0.717) is 0 Å². The number of primary amides is 1. The molecule has 0 rings (SSSR count). The van der Waals surface area contributed by atoms with Gasteiger partial charge in [0, 0.05) is 6.54 Å². The Morgan fingerprint density at radius 3 is 2.75 bits per heavy atom. The minimum atomic E-state index is -0.543. The van der Waals surface area contributed by atoms with Gasteiger partial charge in [-0.1, -0.05) is 6.92 Å². The molecule has 0 aliphatic carbocycles. The van der Waals surface area contributed by atoms with E-state index in [1.165, 1.54) is 0 Å². The van der Waals surface area contributed by atoms with Crippen LogP contribution in [-0.2, 0) is 0 Å². The predicted molar refractivity (Wildman–Crippen MR) is 31.0 cm³/mol. The molecule has 0 bridgehead atoms. The summed E-state index contributed by atoms with van der Waals surface area (Å²) in [5, 5.41) is 0. The van der Waals surface area contributed by atoms with Crippen LogP contribution in [-0.4, -0.2) is 12.6 Å². The summed E-state index contributed by atoms with van der Waals surface area (Å²) in [7, 11) is 0. The molecule has 2 amide bonds. The van der Waals surface area contributed by atoms with Crippen molar-refractivity contribution in [2.45, 2.75) is 13.3 Å². The third-order valence-electron chi connectivity index (χ3n) is 0.587. The normalized spacial score (nSPS) is 8.62. The Kier molecular flexibility index (Phi) is 3.97. The highest BCUT2D eigenvalue weighted by Crippen LogP contribution is 1.64. The second-order valence-corrected chi connectivity index (χ2v) is 1.42. The van der Waals surface area contributed by atoms with Crippen LogP contribution in [0.4, 0.5) is 4.79 Å². The minimum Gasteiger partial charge on any atom is -0.351 e. The SMILES string of the molecule is CCCNNC(N)=O. The third-order valence-corrected chi connectivity index (χ3v) is 0.587. The second-order valence-electron chi connectivity index (χ2n) is 1.42. The van der Waals surface area contributed by atoms with Gasteiger partial charge >= 0.3 is 6.03 Å². The number of rotatable bonds is 3. The Labute approximate surface area is 48.4 Å². The van der Waals surface area contributed by atoms with Gasteiger partial charge in [-0.25, -0.2) is 10.2 Å². The van der Waals surface area contributed by atoms with Crippen LogP contribution in [0.2, 0.25) is 0 Å². The molecule has 0 aromatic rings. The van der Waals surface area contributed by atoms with Crippen molar-refractivity contribution in [1.82, 2.24) is 10.9 Å². The first-order chi connectivity index (χ1) is 3.77. The molecule has 4 nitrogen and oxygen atoms in total. The fourth-order valence-corrected chi connectivity index (χ4v) is 0.275. The number of hydrogen-bond acceptors (Lipinski definition) is 2. The molecular formula is C4H11N3O. The summed E-state index contributed by atoms with van der Waals surface area (Å²) < 4.78 is 0. The predicted octanol–water partition coefficient (Wildman–Crippen LogP) is -0.431. The fourth-order valence-electron chi connectivity index (χ4n) is 0.275. The van der Waals surface area contributed by atoms with Gasteiger partial charge < -0.3 is 5.73 Å². The lowest BCUT2D eigenvalue weighted by Gasteiger charge is -1.99. The Hall–Kier alpha value is -0.770. The van der Waals surface area contributed by atoms with E-state index in [9.17, 15) is 4.79 Å². The van der Waals surface area contributed by atoms with E-state index < -0.39 is 6.03 Å². The summed E-state index contributed by atoms with van der Waals surface area (Å²) in [6, 6.07) is -0.543. The number of carbonyl (C=O) groups is 1. The van der Waals surface area contributed by atoms with Crippen molar-refractivity contribution in [3.8, 4) is 0 Å². The highest BCUT2D eigenvalue weighted by atomic mass is 16.2. The first-order valence-electron chi connectivity index (χ1n) is 2.55. The van der Waals surface area contributed by atoms with Crippen LogP contribution in [0.15, 0.2) is 0 Å². The third kappa shape index (κ3) is 5.23. The van der Waals surface area contributed by atoms with E-state index in [2.05, 4.69) is 10.9 Å². The number of hydrogen-bond donors (Lipinski definition) is 3. The zero-order chi connectivity index (χ0) is 6.41. The van der Waals surface area contributed by atoms with Crippen LogP contribution in [0.5, 0.6) is 0 Å². The van der Waals surface area contributed by atoms with Crippen molar-refractivity contribution < 1.29 is 4.79 Å². The van der Waals surface area contributed by atoms with Gasteiger partial charge in [0.25, 0.3) is 0 Å². The molecule has 8 heavy (non-hydrogen) atoms. The molecule has 0 saturated carbocycles. The van der Waals surface area contributed by atoms with Crippen molar-refractivity contribution >= 4 is 6.03 Å². The molecule has 0 spiro atoms. The number of nitrogens with two attached hydrogens (primary N) is 1. The molecule has 0 fully saturated rings. The Balaban J connectivity index is 2.82. The van der Waals surface area contributed by atoms with Crippen LogP contribution in [0.25, 0.3) is 0 Å². The van der Waals surface area contributed by atoms with Crippen molar-refractivity contribution in [3.05, 3.63) is 0 Å². The van der Waals surface area contributed by atoms with Crippen LogP contribution in [0.1, 0.15) is 13.3 Å². The van der Waals surface area contributed by atoms with Crippen LogP contribution >= 0.6 is 0 Å². The number of carbonyl (C=O) groups excluding carboxylic acids is 1. The van der Waals surface area contributed by atoms with Crippen molar-refractivity contribution in [2.75, 3.05) is 6.54 Å². The maximum atomic E-state index is 9.92. The van der Waals surface area contributed by atoms with Gasteiger partial charge in [-0.05, 0) is 6.42 Å². The monoisotopic (exact) mass is 117 g/mol. The Morgan fingerprint density at radius 1 is 1.75 bits per heavy atom. The molecule has 0 radical (unpaired) electrons. The van der Waals surface area contributed by atoms with Gasteiger partial charge in [-0.2, -0.15) is 0 Å². The van der Waals surface area contributed by atoms with Gasteiger partial charge in [0.15, 0.2) is 0 Å². The number of nitrogens with one attached hydrogen (secondary N) is 2. The van der Waals surface area contributed by atoms with Crippen molar-refractivity contribution in [3.63, 3.8) is 0 Å². The summed E-state index contributed by atoms with van der Waals surface area (Å²) in [6.45, 7) is 2.75. The highest BCUT2D eigenvalue weighted by molar-refractivity contribution is 5.70. The largest absolute Gasteiger partial charge is 0.351 e. The van der Waals surface area contributed by atoms with Crippen LogP contribution < -0.4 is 16.6 Å². The molecule has 0 aliphatic heterocycles. The molecule has 48 valence electrons. The number of amides is 2. The second kappa shape index (κ2) is 4.39. The van der Waals surface area contributed by atoms with Gasteiger partial charge in [-0.3, -0.25) is 5.43 Å². The smallest absolute Gasteiger partial charge is 0.326 e. The van der Waals surface area contributed by atoms with Crippen LogP contribution in [0.3, 0.4) is 0 Å². The standard InChI is InChI=1S/C4H11N3O/c1-2-3-6-7-4(5)8/h6H,2-3H2,1H3,(H3,5,7,8). The summed E-state index contributed by atoms with van der Waals surface area (Å²) >= 11 is 0. The lowest BCUT2D eigenvalue weighted by atomic mass is 10.5. The van der Waals surface area contributed by atoms with E-state index in [1.807, 2.05) is 6.92 Å². The zero-order valence-electron chi connectivity index (χ0n) is 4.90. The molecule has 0 aromatic heterocycles. The Morgan fingerprint density at radius 2 is 2.38 bits per heavy atom. The highest BCUT2D eigenvalue weighted by Gasteiger charge is 1.84. The molecule has 4 heteroatoms. The van der Waals surface area contributed by atoms with Gasteiger partial charge in [0.05, 0.1) is 0 Å². The molecular weight excluding hydrogens is 106 g/mol. The molecule has 0 saturated heterocycles. The van der Waals surface area contributed by atoms with Gasteiger partial charge in [0.1, 0.15) is 0 Å². The summed E-state index contributed by atoms with van der Waals surface area (Å²) in [6.07, 6.45) is 0.972. The average Bonchev–Trinajstić information content (AvgIpc) is 1.66. The van der Waals surface area contributed by atoms with Crippen molar-refractivity contribution in [2.24, 2.45) is 5.73 Å². The quantitative estimate of drug-likeness (QED) is 0.347. The number of urea groups is 1. The first-order valence-corrected chi connectivity index (χ1v) is 2.55. The summed E-state index contributed by atoms with van der Waals surface area (Å²) in [4.78, 5) is 9.92. The molecule has 0 heterocycles. The van der Waals surface area contributed by atoms with E-state index >= 15 is 0 Å².